The molecule has 0 atom stereocenters. The highest BCUT2D eigenvalue weighted by Crippen LogP contribution is 2.20. The lowest BCUT2D eigenvalue weighted by Crippen LogP contribution is -2.54. The van der Waals surface area contributed by atoms with Gasteiger partial charge in [-0.05, 0) is 26.0 Å². The lowest BCUT2D eigenvalue weighted by Gasteiger charge is -2.29. The molecular weight excluding hydrogens is 330 g/mol. The normalized spacial score (nSPS) is 14.3. The molecule has 130 valence electrons. The molecule has 0 radical (unpaired) electrons. The topological polar surface area (TPSA) is 79.6 Å². The van der Waals surface area contributed by atoms with Gasteiger partial charge in [0.1, 0.15) is 12.4 Å². The largest absolute Gasteiger partial charge is 0.280 e. The molecule has 3 aromatic rings. The van der Waals surface area contributed by atoms with E-state index in [-0.39, 0.29) is 18.0 Å². The Morgan fingerprint density at radius 2 is 1.81 bits per heavy atom. The summed E-state index contributed by atoms with van der Waals surface area (Å²) in [6, 6.07) is 15.0. The molecule has 1 N–H and O–H groups in total. The van der Waals surface area contributed by atoms with E-state index in [0.29, 0.717) is 22.6 Å². The molecule has 0 fully saturated rings. The zero-order valence-electron chi connectivity index (χ0n) is 14.4. The Hall–Kier alpha value is -3.48. The fourth-order valence-electron chi connectivity index (χ4n) is 2.99. The van der Waals surface area contributed by atoms with Gasteiger partial charge in [-0.1, -0.05) is 42.0 Å². The number of nitrogens with zero attached hydrogens (tertiary/aromatic N) is 4. The van der Waals surface area contributed by atoms with E-state index >= 15 is 0 Å². The molecule has 1 amide bonds. The van der Waals surface area contributed by atoms with Crippen LogP contribution in [0.5, 0.6) is 0 Å². The van der Waals surface area contributed by atoms with Gasteiger partial charge in [-0.3, -0.25) is 14.6 Å². The first-order chi connectivity index (χ1) is 12.5. The van der Waals surface area contributed by atoms with Crippen molar-refractivity contribution in [3.8, 4) is 11.4 Å². The molecule has 0 bridgehead atoms. The second kappa shape index (κ2) is 6.11. The number of aryl methyl sites for hydroxylation is 1. The highest BCUT2D eigenvalue weighted by Gasteiger charge is 2.24. The molecule has 0 saturated heterocycles. The first-order valence-electron chi connectivity index (χ1n) is 8.24. The fourth-order valence-corrected chi connectivity index (χ4v) is 2.99. The summed E-state index contributed by atoms with van der Waals surface area (Å²) in [5.41, 5.74) is 4.56. The van der Waals surface area contributed by atoms with Crippen LogP contribution < -0.4 is 16.0 Å². The van der Waals surface area contributed by atoms with E-state index in [2.05, 4.69) is 10.5 Å². The van der Waals surface area contributed by atoms with Gasteiger partial charge in [0.25, 0.3) is 11.5 Å². The summed E-state index contributed by atoms with van der Waals surface area (Å²) in [5, 5.41) is 6.05. The smallest absolute Gasteiger partial charge is 0.271 e. The van der Waals surface area contributed by atoms with Crippen LogP contribution in [0, 0.1) is 6.92 Å². The molecule has 0 aliphatic carbocycles. The van der Waals surface area contributed by atoms with Crippen LogP contribution in [0.1, 0.15) is 12.5 Å². The number of nitrogens with one attached hydrogen (secondary N) is 1. The van der Waals surface area contributed by atoms with Crippen LogP contribution in [0.25, 0.3) is 22.3 Å². The molecule has 26 heavy (non-hydrogen) atoms. The number of amidine groups is 1. The minimum absolute atomic E-state index is 0.00588. The Bertz CT molecular complexity index is 1100. The van der Waals surface area contributed by atoms with Crippen molar-refractivity contribution >= 4 is 22.6 Å². The lowest BCUT2D eigenvalue weighted by molar-refractivity contribution is -0.120. The number of carbonyl (C=O) groups is 1. The Kier molecular flexibility index (Phi) is 3.76. The number of hydrazone groups is 1. The van der Waals surface area contributed by atoms with Crippen molar-refractivity contribution in [2.45, 2.75) is 13.8 Å². The van der Waals surface area contributed by atoms with Gasteiger partial charge in [0.2, 0.25) is 0 Å². The standard InChI is InChI=1S/C19H17N5O2/c1-12-8-9-16-15(10-12)19(26)24(23-11-17(25)22-21-13(23)2)18(20-16)14-6-4-3-5-7-14/h3-10H,11H2,1-2H3,(H,22,25). The first kappa shape index (κ1) is 16.0. The van der Waals surface area contributed by atoms with Gasteiger partial charge in [-0.25, -0.2) is 10.4 Å². The highest BCUT2D eigenvalue weighted by molar-refractivity contribution is 5.98. The van der Waals surface area contributed by atoms with Gasteiger partial charge in [-0.15, -0.1) is 0 Å². The van der Waals surface area contributed by atoms with E-state index in [1.54, 1.807) is 11.9 Å². The summed E-state index contributed by atoms with van der Waals surface area (Å²) in [4.78, 5) is 29.9. The second-order valence-corrected chi connectivity index (χ2v) is 6.19. The number of hydrogen-bond acceptors (Lipinski definition) is 5. The summed E-state index contributed by atoms with van der Waals surface area (Å²) in [6.07, 6.45) is 0. The molecule has 2 aromatic carbocycles. The predicted molar refractivity (Wildman–Crippen MR) is 101 cm³/mol. The predicted octanol–water partition coefficient (Wildman–Crippen LogP) is 1.77. The van der Waals surface area contributed by atoms with Crippen molar-refractivity contribution < 1.29 is 4.79 Å². The van der Waals surface area contributed by atoms with Gasteiger partial charge >= 0.3 is 0 Å². The van der Waals surface area contributed by atoms with E-state index in [1.807, 2.05) is 55.5 Å². The summed E-state index contributed by atoms with van der Waals surface area (Å²) in [5.74, 6) is 0.694. The van der Waals surface area contributed by atoms with Crippen molar-refractivity contribution in [2.75, 3.05) is 11.6 Å². The van der Waals surface area contributed by atoms with E-state index in [0.717, 1.165) is 11.1 Å². The summed E-state index contributed by atoms with van der Waals surface area (Å²) in [7, 11) is 0. The van der Waals surface area contributed by atoms with Gasteiger partial charge < -0.3 is 0 Å². The molecule has 2 heterocycles. The summed E-state index contributed by atoms with van der Waals surface area (Å²) in [6.45, 7) is 3.66. The van der Waals surface area contributed by atoms with Crippen LogP contribution in [0.15, 0.2) is 58.4 Å². The van der Waals surface area contributed by atoms with Gasteiger partial charge in [0.05, 0.1) is 10.9 Å². The van der Waals surface area contributed by atoms with Crippen molar-refractivity contribution in [2.24, 2.45) is 5.10 Å². The zero-order chi connectivity index (χ0) is 18.3. The Labute approximate surface area is 149 Å². The van der Waals surface area contributed by atoms with Crippen LogP contribution in [-0.2, 0) is 4.79 Å². The Morgan fingerprint density at radius 3 is 2.58 bits per heavy atom. The third-order valence-corrected chi connectivity index (χ3v) is 4.28. The van der Waals surface area contributed by atoms with E-state index in [4.69, 9.17) is 4.98 Å². The molecule has 1 aromatic heterocycles. The average molecular weight is 347 g/mol. The second-order valence-electron chi connectivity index (χ2n) is 6.19. The van der Waals surface area contributed by atoms with Crippen LogP contribution in [0.3, 0.4) is 0 Å². The van der Waals surface area contributed by atoms with Crippen molar-refractivity contribution in [1.82, 2.24) is 15.1 Å². The molecule has 0 spiro atoms. The number of carbonyl (C=O) groups excluding carboxylic acids is 1. The maximum atomic E-state index is 13.3. The van der Waals surface area contributed by atoms with Gasteiger partial charge in [0.15, 0.2) is 5.82 Å². The number of hydrogen-bond donors (Lipinski definition) is 1. The van der Waals surface area contributed by atoms with E-state index in [9.17, 15) is 9.59 Å². The van der Waals surface area contributed by atoms with Crippen LogP contribution in [-0.4, -0.2) is 27.9 Å². The first-order valence-corrected chi connectivity index (χ1v) is 8.24. The molecule has 4 rings (SSSR count). The zero-order valence-corrected chi connectivity index (χ0v) is 14.4. The maximum Gasteiger partial charge on any atom is 0.280 e. The third-order valence-electron chi connectivity index (χ3n) is 4.28. The van der Waals surface area contributed by atoms with Crippen molar-refractivity contribution in [1.29, 1.82) is 0 Å². The summed E-state index contributed by atoms with van der Waals surface area (Å²) >= 11 is 0. The molecule has 0 saturated carbocycles. The quantitative estimate of drug-likeness (QED) is 0.766. The molecule has 0 unspecified atom stereocenters. The third kappa shape index (κ3) is 2.63. The molecule has 1 aliphatic heterocycles. The summed E-state index contributed by atoms with van der Waals surface area (Å²) < 4.78 is 1.44. The minimum atomic E-state index is -0.286. The Morgan fingerprint density at radius 1 is 1.04 bits per heavy atom. The number of fused-ring (bicyclic) bond motifs is 1. The number of rotatable bonds is 2. The maximum absolute atomic E-state index is 13.3. The van der Waals surface area contributed by atoms with Crippen LogP contribution >= 0.6 is 0 Å². The Balaban J connectivity index is 2.07. The van der Waals surface area contributed by atoms with Crippen LogP contribution in [0.2, 0.25) is 0 Å². The highest BCUT2D eigenvalue weighted by atomic mass is 16.2. The SMILES string of the molecule is CC1=NNC(=O)CN1n1c(-c2ccccc2)nc2ccc(C)cc2c1=O. The van der Waals surface area contributed by atoms with E-state index in [1.165, 1.54) is 4.68 Å². The van der Waals surface area contributed by atoms with Crippen molar-refractivity contribution in [3.05, 3.63) is 64.4 Å². The molecular formula is C19H17N5O2. The van der Waals surface area contributed by atoms with Crippen molar-refractivity contribution in [3.63, 3.8) is 0 Å². The number of aromatic nitrogens is 2. The average Bonchev–Trinajstić information content (AvgIpc) is 2.65. The lowest BCUT2D eigenvalue weighted by atomic mass is 10.1. The molecule has 7 nitrogen and oxygen atoms in total. The van der Waals surface area contributed by atoms with Gasteiger partial charge in [-0.2, -0.15) is 9.78 Å². The molecule has 7 heteroatoms. The fraction of sp³-hybridized carbons (Fsp3) is 0.158. The minimum Gasteiger partial charge on any atom is -0.271 e. The monoisotopic (exact) mass is 347 g/mol. The number of benzene rings is 2. The van der Waals surface area contributed by atoms with Gasteiger partial charge in [0, 0.05) is 5.56 Å². The van der Waals surface area contributed by atoms with E-state index < -0.39 is 0 Å². The van der Waals surface area contributed by atoms with Crippen LogP contribution in [0.4, 0.5) is 0 Å². The molecule has 1 aliphatic rings. The number of amides is 1.